The van der Waals surface area contributed by atoms with E-state index in [4.69, 9.17) is 9.52 Å². The Bertz CT molecular complexity index is 615. The number of hydrogen-bond donors (Lipinski definition) is 4. The molecule has 4 atom stereocenters. The van der Waals surface area contributed by atoms with Crippen LogP contribution >= 0.6 is 0 Å². The molecule has 29 heavy (non-hydrogen) atoms. The molecule has 1 aliphatic carbocycles. The van der Waals surface area contributed by atoms with E-state index in [1.165, 1.54) is 0 Å². The van der Waals surface area contributed by atoms with E-state index in [0.717, 1.165) is 44.3 Å². The zero-order valence-electron chi connectivity index (χ0n) is 17.1. The molecule has 7 nitrogen and oxygen atoms in total. The molecule has 1 saturated carbocycles. The van der Waals surface area contributed by atoms with Gasteiger partial charge >= 0.3 is 5.97 Å². The number of oxime groups is 1. The maximum Gasteiger partial charge on any atom is 0.303 e. The first-order chi connectivity index (χ1) is 14.0. The van der Waals surface area contributed by atoms with Crippen LogP contribution in [-0.4, -0.2) is 44.4 Å². The fraction of sp³-hybridized carbons (Fsp3) is 0.727. The molecule has 0 bridgehead atoms. The van der Waals surface area contributed by atoms with Crippen LogP contribution in [0.15, 0.2) is 28.0 Å². The Labute approximate surface area is 172 Å². The normalized spacial score (nSPS) is 24.2. The van der Waals surface area contributed by atoms with Crippen molar-refractivity contribution in [3.8, 4) is 0 Å². The minimum Gasteiger partial charge on any atom is -0.481 e. The third-order valence-corrected chi connectivity index (χ3v) is 6.02. The summed E-state index contributed by atoms with van der Waals surface area (Å²) < 4.78 is 5.30. The van der Waals surface area contributed by atoms with E-state index < -0.39 is 18.2 Å². The molecule has 0 spiro atoms. The number of nitrogens with zero attached hydrogens (tertiary/aromatic N) is 1. The molecule has 0 amide bonds. The molecule has 1 aromatic rings. The Hall–Kier alpha value is -1.86. The van der Waals surface area contributed by atoms with Crippen LogP contribution in [0.4, 0.5) is 0 Å². The highest BCUT2D eigenvalue weighted by atomic mass is 16.4. The maximum atomic E-state index is 10.6. The summed E-state index contributed by atoms with van der Waals surface area (Å²) in [6.45, 7) is 0. The van der Waals surface area contributed by atoms with Crippen LogP contribution in [0.2, 0.25) is 0 Å². The maximum absolute atomic E-state index is 10.6. The highest BCUT2D eigenvalue weighted by Gasteiger charge is 2.39. The predicted molar refractivity (Wildman–Crippen MR) is 109 cm³/mol. The first-order valence-electron chi connectivity index (χ1n) is 10.8. The highest BCUT2D eigenvalue weighted by Crippen LogP contribution is 2.37. The molecule has 1 aliphatic rings. The number of aryl methyl sites for hydroxylation is 1. The van der Waals surface area contributed by atoms with Crippen LogP contribution in [0, 0.1) is 11.8 Å². The van der Waals surface area contributed by atoms with E-state index in [-0.39, 0.29) is 18.3 Å². The van der Waals surface area contributed by atoms with Gasteiger partial charge in [-0.05, 0) is 56.6 Å². The zero-order valence-corrected chi connectivity index (χ0v) is 17.1. The molecule has 0 saturated heterocycles. The monoisotopic (exact) mass is 409 g/mol. The minimum absolute atomic E-state index is 0.00579. The lowest BCUT2D eigenvalue weighted by Crippen LogP contribution is -2.22. The second kappa shape index (κ2) is 12.6. The number of rotatable bonds is 14. The molecule has 7 heteroatoms. The van der Waals surface area contributed by atoms with Crippen molar-refractivity contribution < 1.29 is 29.7 Å². The average Bonchev–Trinajstić information content (AvgIpc) is 3.30. The van der Waals surface area contributed by atoms with Crippen LogP contribution in [0.5, 0.6) is 0 Å². The smallest absolute Gasteiger partial charge is 0.303 e. The highest BCUT2D eigenvalue weighted by molar-refractivity contribution is 5.89. The van der Waals surface area contributed by atoms with Gasteiger partial charge in [-0.25, -0.2) is 0 Å². The second-order valence-electron chi connectivity index (χ2n) is 8.18. The van der Waals surface area contributed by atoms with Gasteiger partial charge in [0, 0.05) is 25.2 Å². The Morgan fingerprint density at radius 3 is 2.66 bits per heavy atom. The van der Waals surface area contributed by atoms with Crippen molar-refractivity contribution in [2.45, 2.75) is 89.3 Å². The summed E-state index contributed by atoms with van der Waals surface area (Å²) in [4.78, 5) is 10.6. The number of furan rings is 1. The second-order valence-corrected chi connectivity index (χ2v) is 8.18. The van der Waals surface area contributed by atoms with Crippen LogP contribution in [0.25, 0.3) is 0 Å². The van der Waals surface area contributed by atoms with Crippen molar-refractivity contribution in [3.05, 3.63) is 24.2 Å². The molecule has 0 aromatic carbocycles. The van der Waals surface area contributed by atoms with Crippen molar-refractivity contribution >= 4 is 11.7 Å². The molecule has 164 valence electrons. The molecule has 4 N–H and O–H groups in total. The quantitative estimate of drug-likeness (QED) is 0.209. The lowest BCUT2D eigenvalue weighted by atomic mass is 9.84. The van der Waals surface area contributed by atoms with Crippen molar-refractivity contribution in [2.75, 3.05) is 0 Å². The standard InChI is InChI=1S/C22H35NO6/c24-16(7-5-8-17-9-6-14-29-17)12-13-18-19(21(25)15-20(18)23-28)10-3-1-2-4-11-22(26)27/h6,9,14,16,18-19,21,24-25,28H,1-5,7-8,10-13,15H2,(H,26,27)/b23-20-/t16-,18+,19+,21-/m0/s1. The number of aliphatic hydroxyl groups is 2. The lowest BCUT2D eigenvalue weighted by Gasteiger charge is -2.23. The summed E-state index contributed by atoms with van der Waals surface area (Å²) in [5.41, 5.74) is 0.635. The van der Waals surface area contributed by atoms with E-state index in [2.05, 4.69) is 5.16 Å². The van der Waals surface area contributed by atoms with Gasteiger partial charge in [0.25, 0.3) is 0 Å². The fourth-order valence-electron chi connectivity index (χ4n) is 4.41. The summed E-state index contributed by atoms with van der Waals surface area (Å²) in [5, 5.41) is 42.2. The van der Waals surface area contributed by atoms with Crippen molar-refractivity contribution in [1.29, 1.82) is 0 Å². The number of carboxylic acids is 1. The number of aliphatic carboxylic acids is 1. The number of carboxylic acid groups (broad SMARTS) is 1. The fourth-order valence-corrected chi connectivity index (χ4v) is 4.41. The topological polar surface area (TPSA) is 123 Å². The van der Waals surface area contributed by atoms with E-state index in [1.54, 1.807) is 6.26 Å². The summed E-state index contributed by atoms with van der Waals surface area (Å²) in [5.74, 6) is 0.196. The lowest BCUT2D eigenvalue weighted by molar-refractivity contribution is -0.137. The Morgan fingerprint density at radius 2 is 1.97 bits per heavy atom. The molecular weight excluding hydrogens is 374 g/mol. The molecule has 1 heterocycles. The van der Waals surface area contributed by atoms with Gasteiger partial charge in [-0.2, -0.15) is 0 Å². The summed E-state index contributed by atoms with van der Waals surface area (Å²) in [7, 11) is 0. The van der Waals surface area contributed by atoms with Gasteiger partial charge < -0.3 is 24.9 Å². The van der Waals surface area contributed by atoms with E-state index in [9.17, 15) is 20.2 Å². The van der Waals surface area contributed by atoms with Crippen LogP contribution in [-0.2, 0) is 11.2 Å². The third kappa shape index (κ3) is 8.19. The summed E-state index contributed by atoms with van der Waals surface area (Å²) in [6, 6.07) is 3.79. The van der Waals surface area contributed by atoms with Crippen LogP contribution in [0.3, 0.4) is 0 Å². The molecular formula is C22H35NO6. The Morgan fingerprint density at radius 1 is 1.17 bits per heavy atom. The van der Waals surface area contributed by atoms with Crippen molar-refractivity contribution in [2.24, 2.45) is 17.0 Å². The Kier molecular flexibility index (Phi) is 10.2. The average molecular weight is 410 g/mol. The van der Waals surface area contributed by atoms with Crippen molar-refractivity contribution in [3.63, 3.8) is 0 Å². The third-order valence-electron chi connectivity index (χ3n) is 6.02. The Balaban J connectivity index is 1.71. The number of aliphatic hydroxyl groups excluding tert-OH is 2. The van der Waals surface area contributed by atoms with E-state index in [0.29, 0.717) is 37.8 Å². The largest absolute Gasteiger partial charge is 0.481 e. The number of unbranched alkanes of at least 4 members (excludes halogenated alkanes) is 3. The summed E-state index contributed by atoms with van der Waals surface area (Å²) >= 11 is 0. The van der Waals surface area contributed by atoms with E-state index >= 15 is 0 Å². The van der Waals surface area contributed by atoms with Crippen LogP contribution in [0.1, 0.15) is 76.4 Å². The van der Waals surface area contributed by atoms with E-state index in [1.807, 2.05) is 12.1 Å². The molecule has 0 radical (unpaired) electrons. The number of carbonyl (C=O) groups is 1. The van der Waals surface area contributed by atoms with Crippen LogP contribution < -0.4 is 0 Å². The van der Waals surface area contributed by atoms with Crippen molar-refractivity contribution in [1.82, 2.24) is 0 Å². The van der Waals surface area contributed by atoms with Gasteiger partial charge in [0.2, 0.25) is 0 Å². The first-order valence-corrected chi connectivity index (χ1v) is 10.8. The van der Waals surface area contributed by atoms with Gasteiger partial charge in [0.1, 0.15) is 5.76 Å². The molecule has 1 fully saturated rings. The van der Waals surface area contributed by atoms with Gasteiger partial charge in [0.05, 0.1) is 24.2 Å². The van der Waals surface area contributed by atoms with Gasteiger partial charge in [-0.3, -0.25) is 4.79 Å². The molecule has 0 aliphatic heterocycles. The molecule has 1 aromatic heterocycles. The number of hydrogen-bond acceptors (Lipinski definition) is 6. The predicted octanol–water partition coefficient (Wildman–Crippen LogP) is 4.00. The molecule has 0 unspecified atom stereocenters. The summed E-state index contributed by atoms with van der Waals surface area (Å²) in [6.07, 6.45) is 9.20. The van der Waals surface area contributed by atoms with Gasteiger partial charge in [-0.1, -0.05) is 24.4 Å². The van der Waals surface area contributed by atoms with Gasteiger partial charge in [-0.15, -0.1) is 0 Å². The SMILES string of the molecule is O=C(O)CCCCCC[C@H]1[C@@H](O)C/C(=N/O)[C@@H]1CC[C@@H](O)CCCc1ccco1. The zero-order chi connectivity index (χ0) is 21.1. The first kappa shape index (κ1) is 23.4. The van der Waals surface area contributed by atoms with Gasteiger partial charge in [0.15, 0.2) is 0 Å². The minimum atomic E-state index is -0.761. The molecule has 2 rings (SSSR count).